The number of nitrogens with one attached hydrogen (secondary N) is 1. The summed E-state index contributed by atoms with van der Waals surface area (Å²) in [7, 11) is 0. The van der Waals surface area contributed by atoms with E-state index in [9.17, 15) is 14.7 Å². The van der Waals surface area contributed by atoms with Crippen molar-refractivity contribution in [3.63, 3.8) is 0 Å². The van der Waals surface area contributed by atoms with Crippen molar-refractivity contribution in [2.24, 2.45) is 11.7 Å². The maximum Gasteiger partial charge on any atom is 0.324 e. The Morgan fingerprint density at radius 2 is 1.90 bits per heavy atom. The number of anilines is 2. The summed E-state index contributed by atoms with van der Waals surface area (Å²) < 4.78 is 8.31. The number of hydrogen-bond acceptors (Lipinski definition) is 6. The molecule has 2 unspecified atom stereocenters. The number of nitrogens with two attached hydrogens (primary N) is 1. The molecule has 4 aromatic rings. The van der Waals surface area contributed by atoms with E-state index in [1.165, 1.54) is 4.90 Å². The van der Waals surface area contributed by atoms with Gasteiger partial charge in [0, 0.05) is 41.7 Å². The number of aryl methyl sites for hydroxylation is 1. The second-order valence-corrected chi connectivity index (χ2v) is 13.5. The normalized spacial score (nSPS) is 15.6. The van der Waals surface area contributed by atoms with Crippen molar-refractivity contribution < 1.29 is 14.6 Å². The third-order valence-corrected chi connectivity index (χ3v) is 9.50. The zero-order valence-electron chi connectivity index (χ0n) is 29.3. The minimum absolute atomic E-state index is 0.0320. The predicted molar refractivity (Wildman–Crippen MR) is 195 cm³/mol. The molecular weight excluding hydrogens is 602 g/mol. The fourth-order valence-electron chi connectivity index (χ4n) is 7.13. The summed E-state index contributed by atoms with van der Waals surface area (Å²) in [5.41, 5.74) is 9.66. The van der Waals surface area contributed by atoms with Crippen LogP contribution in [0, 0.1) is 5.92 Å². The van der Waals surface area contributed by atoms with E-state index in [2.05, 4.69) is 19.2 Å². The van der Waals surface area contributed by atoms with Gasteiger partial charge in [0.1, 0.15) is 28.9 Å². The van der Waals surface area contributed by atoms with Crippen LogP contribution in [0.25, 0.3) is 22.2 Å². The smallest absolute Gasteiger partial charge is 0.324 e. The third kappa shape index (κ3) is 6.92. The first-order valence-corrected chi connectivity index (χ1v) is 17.5. The number of benzene rings is 2. The highest BCUT2D eigenvalue weighted by Gasteiger charge is 2.33. The fourth-order valence-corrected chi connectivity index (χ4v) is 7.13. The number of pyridine rings is 2. The quantitative estimate of drug-likeness (QED) is 0.142. The average molecular weight is 654 g/mol. The second-order valence-electron chi connectivity index (χ2n) is 13.5. The Hall–Kier alpha value is -4.37. The summed E-state index contributed by atoms with van der Waals surface area (Å²) in [5, 5.41) is 15.4. The Morgan fingerprint density at radius 3 is 2.54 bits per heavy atom. The highest BCUT2D eigenvalue weighted by molar-refractivity contribution is 6.09. The number of unbranched alkanes of at least 4 members (excludes halogenated alkanes) is 1. The van der Waals surface area contributed by atoms with E-state index in [1.807, 2.05) is 70.2 Å². The number of fused-ring (bicyclic) bond motifs is 1. The van der Waals surface area contributed by atoms with Gasteiger partial charge in [-0.1, -0.05) is 66.2 Å². The van der Waals surface area contributed by atoms with E-state index < -0.39 is 6.03 Å². The van der Waals surface area contributed by atoms with Crippen LogP contribution in [0.3, 0.4) is 0 Å². The van der Waals surface area contributed by atoms with E-state index in [4.69, 9.17) is 15.5 Å². The summed E-state index contributed by atoms with van der Waals surface area (Å²) >= 11 is 0. The monoisotopic (exact) mass is 653 g/mol. The van der Waals surface area contributed by atoms with Crippen LogP contribution in [0.5, 0.6) is 11.5 Å². The van der Waals surface area contributed by atoms with Gasteiger partial charge in [-0.2, -0.15) is 0 Å². The maximum atomic E-state index is 14.9. The number of primary amides is 1. The number of phenols is 1. The molecule has 1 saturated heterocycles. The minimum Gasteiger partial charge on any atom is -0.508 e. The Bertz CT molecular complexity index is 1810. The number of hydrogen-bond donors (Lipinski definition) is 3. The maximum absolute atomic E-state index is 14.9. The van der Waals surface area contributed by atoms with Gasteiger partial charge in [0.15, 0.2) is 0 Å². The minimum atomic E-state index is -0.809. The van der Waals surface area contributed by atoms with Gasteiger partial charge >= 0.3 is 6.03 Å². The van der Waals surface area contributed by atoms with E-state index in [1.54, 1.807) is 16.8 Å². The molecule has 4 N–H and O–H groups in total. The van der Waals surface area contributed by atoms with Crippen LogP contribution in [0.1, 0.15) is 96.6 Å². The molecule has 0 radical (unpaired) electrons. The molecule has 2 aromatic carbocycles. The summed E-state index contributed by atoms with van der Waals surface area (Å²) in [6.07, 6.45) is 6.43. The average Bonchev–Trinajstić information content (AvgIpc) is 3.07. The van der Waals surface area contributed by atoms with Crippen molar-refractivity contribution in [3.8, 4) is 22.6 Å². The molecule has 3 heterocycles. The topological polar surface area (TPSA) is 123 Å². The van der Waals surface area contributed by atoms with Gasteiger partial charge in [0.25, 0.3) is 5.56 Å². The summed E-state index contributed by atoms with van der Waals surface area (Å²) in [5.74, 6) is 0.923. The van der Waals surface area contributed by atoms with Gasteiger partial charge in [-0.3, -0.25) is 14.3 Å². The standard InChI is InChI=1S/C39H51N5O4/c1-7-9-21-43-37-30(16-12-20-42-37)34(26-13-10-15-28(22-26)48-32(8-2)27-14-11-19-41-23-27)36(38(43)46)44(39(40)47)35-29(24(3)4)17-18-31(45)33(35)25(5)6/h10,12-13,15-18,20,22,24-25,27,32,41,45H,7-9,11,14,19,21,23H2,1-6H3,(H2,40,47). The van der Waals surface area contributed by atoms with Gasteiger partial charge in [-0.25, -0.2) is 9.78 Å². The molecule has 0 saturated carbocycles. The van der Waals surface area contributed by atoms with Crippen molar-refractivity contribution >= 4 is 28.4 Å². The van der Waals surface area contributed by atoms with Crippen molar-refractivity contribution in [3.05, 3.63) is 76.2 Å². The van der Waals surface area contributed by atoms with E-state index in [0.29, 0.717) is 51.6 Å². The molecule has 5 rings (SSSR count). The fraction of sp³-hybridized carbons (Fsp3) is 0.462. The molecule has 1 fully saturated rings. The molecule has 1 aliphatic heterocycles. The zero-order chi connectivity index (χ0) is 34.5. The highest BCUT2D eigenvalue weighted by Crippen LogP contribution is 2.46. The van der Waals surface area contributed by atoms with Gasteiger partial charge in [-0.15, -0.1) is 0 Å². The van der Waals surface area contributed by atoms with Gasteiger partial charge < -0.3 is 20.9 Å². The van der Waals surface area contributed by atoms with E-state index in [-0.39, 0.29) is 34.9 Å². The van der Waals surface area contributed by atoms with E-state index >= 15 is 0 Å². The van der Waals surface area contributed by atoms with Crippen molar-refractivity contribution in [1.29, 1.82) is 0 Å². The van der Waals surface area contributed by atoms with Gasteiger partial charge in [0.05, 0.1) is 5.69 Å². The molecule has 48 heavy (non-hydrogen) atoms. The first-order chi connectivity index (χ1) is 23.1. The lowest BCUT2D eigenvalue weighted by Crippen LogP contribution is -2.39. The Balaban J connectivity index is 1.84. The van der Waals surface area contributed by atoms with Crippen LogP contribution in [-0.4, -0.2) is 39.9 Å². The molecule has 0 spiro atoms. The van der Waals surface area contributed by atoms with Gasteiger partial charge in [-0.05, 0) is 85.5 Å². The number of piperidine rings is 1. The molecule has 1 aliphatic rings. The Kier molecular flexibility index (Phi) is 11.1. The van der Waals surface area contributed by atoms with Crippen LogP contribution in [0.15, 0.2) is 59.5 Å². The molecule has 2 atom stereocenters. The van der Waals surface area contributed by atoms with Gasteiger partial charge in [0.2, 0.25) is 0 Å². The lowest BCUT2D eigenvalue weighted by molar-refractivity contribution is 0.111. The van der Waals surface area contributed by atoms with Crippen LogP contribution in [0.2, 0.25) is 0 Å². The first-order valence-electron chi connectivity index (χ1n) is 17.5. The summed E-state index contributed by atoms with van der Waals surface area (Å²) in [6, 6.07) is 14.2. The van der Waals surface area contributed by atoms with Crippen molar-refractivity contribution in [2.75, 3.05) is 18.0 Å². The Labute approximate surface area is 284 Å². The molecule has 256 valence electrons. The number of aromatic hydroxyl groups is 1. The molecule has 0 aliphatic carbocycles. The van der Waals surface area contributed by atoms with Crippen LogP contribution in [-0.2, 0) is 6.54 Å². The highest BCUT2D eigenvalue weighted by atomic mass is 16.5. The number of phenolic OH excluding ortho intramolecular Hbond substituents is 1. The number of aromatic nitrogens is 2. The second kappa shape index (κ2) is 15.2. The summed E-state index contributed by atoms with van der Waals surface area (Å²) in [6.45, 7) is 14.6. The first kappa shape index (κ1) is 35.0. The van der Waals surface area contributed by atoms with Crippen LogP contribution < -0.4 is 26.2 Å². The molecule has 9 nitrogen and oxygen atoms in total. The molecule has 2 aromatic heterocycles. The predicted octanol–water partition coefficient (Wildman–Crippen LogP) is 8.19. The number of carbonyl (C=O) groups excluding carboxylic acids is 1. The third-order valence-electron chi connectivity index (χ3n) is 9.50. The number of rotatable bonds is 12. The van der Waals surface area contributed by atoms with Crippen LogP contribution in [0.4, 0.5) is 16.2 Å². The number of amides is 2. The summed E-state index contributed by atoms with van der Waals surface area (Å²) in [4.78, 5) is 34.8. The number of nitrogens with zero attached hydrogens (tertiary/aromatic N) is 3. The molecule has 0 bridgehead atoms. The lowest BCUT2D eigenvalue weighted by Gasteiger charge is -2.32. The van der Waals surface area contributed by atoms with E-state index in [0.717, 1.165) is 50.8 Å². The largest absolute Gasteiger partial charge is 0.508 e. The zero-order valence-corrected chi connectivity index (χ0v) is 29.3. The number of urea groups is 1. The molecule has 2 amide bonds. The Morgan fingerprint density at radius 1 is 1.10 bits per heavy atom. The van der Waals surface area contributed by atoms with Crippen molar-refractivity contribution in [2.45, 2.75) is 98.1 Å². The lowest BCUT2D eigenvalue weighted by atomic mass is 9.90. The SMILES string of the molecule is CCCCn1c(=O)c(N(C(N)=O)c2c(C(C)C)ccc(O)c2C(C)C)c(-c2cccc(OC(CC)C3CCCNC3)c2)c2cccnc21. The molecule has 9 heteroatoms. The number of carbonyl (C=O) groups is 1. The molecular formula is C39H51N5O4. The van der Waals surface area contributed by atoms with Crippen molar-refractivity contribution in [1.82, 2.24) is 14.9 Å². The van der Waals surface area contributed by atoms with Crippen LogP contribution >= 0.6 is 0 Å². The number of ether oxygens (including phenoxy) is 1.